The number of hydrogen-bond donors (Lipinski definition) is 1. The highest BCUT2D eigenvalue weighted by molar-refractivity contribution is 5.78. The molecule has 1 aliphatic heterocycles. The van der Waals surface area contributed by atoms with Crippen molar-refractivity contribution in [2.45, 2.75) is 26.4 Å². The zero-order valence-corrected chi connectivity index (χ0v) is 16.2. The van der Waals surface area contributed by atoms with Crippen molar-refractivity contribution in [1.29, 1.82) is 0 Å². The molecule has 8 nitrogen and oxygen atoms in total. The summed E-state index contributed by atoms with van der Waals surface area (Å²) in [7, 11) is 0. The average molecular weight is 397 g/mol. The zero-order valence-electron chi connectivity index (χ0n) is 16.2. The number of nitrogens with one attached hydrogen (secondary N) is 1. The van der Waals surface area contributed by atoms with Crippen molar-refractivity contribution >= 4 is 16.9 Å². The Balaban J connectivity index is 1.27. The predicted molar refractivity (Wildman–Crippen MR) is 108 cm³/mol. The molecule has 0 saturated carbocycles. The summed E-state index contributed by atoms with van der Waals surface area (Å²) < 4.78 is 19.6. The summed E-state index contributed by atoms with van der Waals surface area (Å²) in [5.74, 6) is 1.88. The van der Waals surface area contributed by atoms with Crippen LogP contribution in [0.15, 0.2) is 47.3 Å². The summed E-state index contributed by atoms with van der Waals surface area (Å²) in [6, 6.07) is 13.0. The molecule has 1 amide bonds. The Kier molecular flexibility index (Phi) is 5.41. The number of aromatic nitrogens is 2. The molecule has 3 aromatic rings. The van der Waals surface area contributed by atoms with Crippen LogP contribution < -0.4 is 25.2 Å². The predicted octanol–water partition coefficient (Wildman–Crippen LogP) is 2.14. The second-order valence-electron chi connectivity index (χ2n) is 6.63. The second-order valence-corrected chi connectivity index (χ2v) is 6.63. The van der Waals surface area contributed by atoms with Gasteiger partial charge in [0, 0.05) is 25.6 Å². The number of amides is 1. The van der Waals surface area contributed by atoms with Crippen LogP contribution in [0.1, 0.15) is 13.3 Å². The molecule has 0 aliphatic carbocycles. The highest BCUT2D eigenvalue weighted by Gasteiger charge is 2.14. The van der Waals surface area contributed by atoms with Crippen LogP contribution in [0.5, 0.6) is 17.2 Å². The van der Waals surface area contributed by atoms with E-state index in [1.165, 1.54) is 0 Å². The van der Waals surface area contributed by atoms with Crippen molar-refractivity contribution in [3.05, 3.63) is 52.9 Å². The first-order valence-electron chi connectivity index (χ1n) is 9.64. The number of nitrogens with zero attached hydrogens (tertiary/aromatic N) is 2. The normalized spacial score (nSPS) is 12.3. The summed E-state index contributed by atoms with van der Waals surface area (Å²) in [6.07, 6.45) is 0.224. The van der Waals surface area contributed by atoms with Gasteiger partial charge in [0.2, 0.25) is 12.7 Å². The topological polar surface area (TPSA) is 83.7 Å². The molecule has 4 rings (SSSR count). The van der Waals surface area contributed by atoms with Gasteiger partial charge in [-0.3, -0.25) is 13.9 Å². The number of benzene rings is 2. The summed E-state index contributed by atoms with van der Waals surface area (Å²) in [5, 5.41) is 2.82. The molecule has 0 bridgehead atoms. The Labute approximate surface area is 167 Å². The Morgan fingerprint density at radius 3 is 2.66 bits per heavy atom. The Morgan fingerprint density at radius 2 is 1.86 bits per heavy atom. The fourth-order valence-corrected chi connectivity index (χ4v) is 3.42. The van der Waals surface area contributed by atoms with Gasteiger partial charge in [0.1, 0.15) is 12.4 Å². The van der Waals surface area contributed by atoms with Crippen LogP contribution in [0.3, 0.4) is 0 Å². The molecule has 0 fully saturated rings. The Hall–Kier alpha value is -3.42. The first kappa shape index (κ1) is 18.9. The van der Waals surface area contributed by atoms with E-state index in [0.717, 1.165) is 11.0 Å². The van der Waals surface area contributed by atoms with Gasteiger partial charge < -0.3 is 19.5 Å². The number of rotatable bonds is 8. The number of hydrogen-bond acceptors (Lipinski definition) is 5. The third kappa shape index (κ3) is 3.91. The maximum Gasteiger partial charge on any atom is 0.329 e. The number of aryl methyl sites for hydroxylation is 2. The van der Waals surface area contributed by atoms with Gasteiger partial charge in [-0.05, 0) is 31.2 Å². The van der Waals surface area contributed by atoms with E-state index in [1.54, 1.807) is 27.3 Å². The van der Waals surface area contributed by atoms with Gasteiger partial charge in [-0.25, -0.2) is 4.79 Å². The third-order valence-electron chi connectivity index (χ3n) is 4.84. The molecule has 2 aromatic carbocycles. The molecule has 0 atom stereocenters. The van der Waals surface area contributed by atoms with Gasteiger partial charge in [0.05, 0.1) is 17.6 Å². The largest absolute Gasteiger partial charge is 0.492 e. The van der Waals surface area contributed by atoms with Gasteiger partial charge in [0.25, 0.3) is 0 Å². The van der Waals surface area contributed by atoms with Gasteiger partial charge in [-0.1, -0.05) is 12.1 Å². The average Bonchev–Trinajstić information content (AvgIpc) is 3.31. The molecule has 2 heterocycles. The number of imidazole rings is 1. The van der Waals surface area contributed by atoms with Crippen molar-refractivity contribution in [3.63, 3.8) is 0 Å². The number of carbonyl (C=O) groups excluding carboxylic acids is 1. The molecule has 1 aliphatic rings. The van der Waals surface area contributed by atoms with E-state index in [1.807, 2.05) is 31.2 Å². The van der Waals surface area contributed by atoms with Gasteiger partial charge in [0.15, 0.2) is 11.5 Å². The van der Waals surface area contributed by atoms with E-state index in [9.17, 15) is 9.59 Å². The second kappa shape index (κ2) is 8.30. The van der Waals surface area contributed by atoms with Crippen molar-refractivity contribution in [2.75, 3.05) is 19.9 Å². The minimum Gasteiger partial charge on any atom is -0.492 e. The van der Waals surface area contributed by atoms with Crippen molar-refractivity contribution in [1.82, 2.24) is 14.5 Å². The van der Waals surface area contributed by atoms with Gasteiger partial charge in [-0.15, -0.1) is 0 Å². The maximum absolute atomic E-state index is 12.6. The lowest BCUT2D eigenvalue weighted by Crippen LogP contribution is -2.30. The highest BCUT2D eigenvalue weighted by atomic mass is 16.7. The molecule has 1 aromatic heterocycles. The van der Waals surface area contributed by atoms with Crippen molar-refractivity contribution < 1.29 is 19.0 Å². The molecule has 152 valence electrons. The molecular weight excluding hydrogens is 374 g/mol. The number of para-hydroxylation sites is 2. The molecule has 1 N–H and O–H groups in total. The first-order chi connectivity index (χ1) is 14.2. The van der Waals surface area contributed by atoms with Crippen molar-refractivity contribution in [2.24, 2.45) is 0 Å². The van der Waals surface area contributed by atoms with E-state index < -0.39 is 0 Å². The minimum atomic E-state index is -0.125. The number of ether oxygens (including phenoxy) is 3. The lowest BCUT2D eigenvalue weighted by Gasteiger charge is -2.09. The summed E-state index contributed by atoms with van der Waals surface area (Å²) >= 11 is 0. The van der Waals surface area contributed by atoms with Crippen LogP contribution in [0.25, 0.3) is 11.0 Å². The van der Waals surface area contributed by atoms with E-state index in [0.29, 0.717) is 43.5 Å². The number of carbonyl (C=O) groups is 1. The summed E-state index contributed by atoms with van der Waals surface area (Å²) in [5.41, 5.74) is 1.64. The molecule has 8 heteroatoms. The molecule has 0 saturated heterocycles. The van der Waals surface area contributed by atoms with E-state index in [-0.39, 0.29) is 24.8 Å². The van der Waals surface area contributed by atoms with Gasteiger partial charge >= 0.3 is 5.69 Å². The highest BCUT2D eigenvalue weighted by Crippen LogP contribution is 2.34. The van der Waals surface area contributed by atoms with Gasteiger partial charge in [-0.2, -0.15) is 0 Å². The van der Waals surface area contributed by atoms with E-state index in [2.05, 4.69) is 5.32 Å². The SMILES string of the molecule is CCn1c(=O)n(CCC(=O)NCCOc2ccc3c(c2)OCO3)c2ccccc21. The quantitative estimate of drug-likeness (QED) is 0.589. The number of fused-ring (bicyclic) bond motifs is 2. The molecule has 0 radical (unpaired) electrons. The van der Waals surface area contributed by atoms with Crippen LogP contribution in [0, 0.1) is 0 Å². The third-order valence-corrected chi connectivity index (χ3v) is 4.84. The molecular formula is C21H23N3O5. The van der Waals surface area contributed by atoms with E-state index >= 15 is 0 Å². The van der Waals surface area contributed by atoms with Crippen LogP contribution in [-0.4, -0.2) is 35.0 Å². The van der Waals surface area contributed by atoms with Crippen LogP contribution in [0.4, 0.5) is 0 Å². The zero-order chi connectivity index (χ0) is 20.2. The van der Waals surface area contributed by atoms with Crippen LogP contribution in [-0.2, 0) is 17.9 Å². The van der Waals surface area contributed by atoms with Crippen LogP contribution >= 0.6 is 0 Å². The first-order valence-corrected chi connectivity index (χ1v) is 9.64. The minimum absolute atomic E-state index is 0.0901. The van der Waals surface area contributed by atoms with Crippen LogP contribution in [0.2, 0.25) is 0 Å². The Bertz CT molecular complexity index is 1090. The Morgan fingerprint density at radius 1 is 1.10 bits per heavy atom. The fraction of sp³-hybridized carbons (Fsp3) is 0.333. The molecule has 29 heavy (non-hydrogen) atoms. The smallest absolute Gasteiger partial charge is 0.329 e. The van der Waals surface area contributed by atoms with E-state index in [4.69, 9.17) is 14.2 Å². The molecule has 0 spiro atoms. The standard InChI is InChI=1S/C21H23N3O5/c1-2-23-16-5-3-4-6-17(16)24(21(23)26)11-9-20(25)22-10-12-27-15-7-8-18-19(13-15)29-14-28-18/h3-8,13H,2,9-12,14H2,1H3,(H,22,25). The maximum atomic E-state index is 12.6. The summed E-state index contributed by atoms with van der Waals surface area (Å²) in [4.78, 5) is 24.8. The lowest BCUT2D eigenvalue weighted by atomic mass is 10.3. The lowest BCUT2D eigenvalue weighted by molar-refractivity contribution is -0.121. The fourth-order valence-electron chi connectivity index (χ4n) is 3.42. The van der Waals surface area contributed by atoms with Crippen molar-refractivity contribution in [3.8, 4) is 17.2 Å². The molecule has 0 unspecified atom stereocenters. The monoisotopic (exact) mass is 397 g/mol. The summed E-state index contributed by atoms with van der Waals surface area (Å²) in [6.45, 7) is 3.79.